The number of fused-ring (bicyclic) bond motifs is 1. The average molecular weight is 395 g/mol. The molecule has 0 aliphatic rings. The molecular weight excluding hydrogens is 366 g/mol. The summed E-state index contributed by atoms with van der Waals surface area (Å²) in [5, 5.41) is 0.826. The standard InChI is InChI=1S/C24H29NO4/c1-4-5-6-10-15-28-23-22(29-17-18-11-8-7-9-12-18)20-14-13-19(27-3)16-21(20)25(2)24(23)26/h7-9,11-14,16H,4-6,10,15,17H2,1-3H3. The van der Waals surface area contributed by atoms with Gasteiger partial charge in [0, 0.05) is 18.5 Å². The molecule has 0 spiro atoms. The molecule has 0 aliphatic carbocycles. The first-order valence-electron chi connectivity index (χ1n) is 10.2. The van der Waals surface area contributed by atoms with Gasteiger partial charge in [0.25, 0.3) is 5.56 Å². The summed E-state index contributed by atoms with van der Waals surface area (Å²) in [5.41, 5.74) is 1.57. The van der Waals surface area contributed by atoms with Crippen LogP contribution >= 0.6 is 0 Å². The molecule has 2 aromatic carbocycles. The van der Waals surface area contributed by atoms with Crippen molar-refractivity contribution in [3.63, 3.8) is 0 Å². The van der Waals surface area contributed by atoms with E-state index < -0.39 is 0 Å². The Bertz CT molecular complexity index is 995. The number of hydrogen-bond acceptors (Lipinski definition) is 4. The zero-order valence-corrected chi connectivity index (χ0v) is 17.4. The average Bonchev–Trinajstić information content (AvgIpc) is 2.76. The van der Waals surface area contributed by atoms with Gasteiger partial charge in [-0.3, -0.25) is 4.79 Å². The molecule has 5 nitrogen and oxygen atoms in total. The summed E-state index contributed by atoms with van der Waals surface area (Å²) >= 11 is 0. The van der Waals surface area contributed by atoms with Gasteiger partial charge < -0.3 is 18.8 Å². The van der Waals surface area contributed by atoms with Crippen LogP contribution in [0, 0.1) is 0 Å². The van der Waals surface area contributed by atoms with Crippen molar-refractivity contribution in [3.8, 4) is 17.2 Å². The first-order chi connectivity index (χ1) is 14.2. The number of pyridine rings is 1. The Morgan fingerprint density at radius 3 is 2.45 bits per heavy atom. The highest BCUT2D eigenvalue weighted by Crippen LogP contribution is 2.35. The van der Waals surface area contributed by atoms with Gasteiger partial charge in [-0.15, -0.1) is 0 Å². The van der Waals surface area contributed by atoms with Crippen molar-refractivity contribution in [1.82, 2.24) is 4.57 Å². The number of hydrogen-bond donors (Lipinski definition) is 0. The molecular formula is C24H29NO4. The van der Waals surface area contributed by atoms with Crippen molar-refractivity contribution in [2.24, 2.45) is 7.05 Å². The Morgan fingerprint density at radius 2 is 1.72 bits per heavy atom. The van der Waals surface area contributed by atoms with Crippen molar-refractivity contribution in [2.45, 2.75) is 39.2 Å². The molecule has 3 aromatic rings. The molecule has 0 saturated heterocycles. The molecule has 0 atom stereocenters. The monoisotopic (exact) mass is 395 g/mol. The first-order valence-corrected chi connectivity index (χ1v) is 10.2. The van der Waals surface area contributed by atoms with Crippen molar-refractivity contribution in [2.75, 3.05) is 13.7 Å². The topological polar surface area (TPSA) is 49.7 Å². The van der Waals surface area contributed by atoms with Crippen LogP contribution in [0.5, 0.6) is 17.2 Å². The van der Waals surface area contributed by atoms with Gasteiger partial charge in [-0.25, -0.2) is 0 Å². The molecule has 0 unspecified atom stereocenters. The third kappa shape index (κ3) is 4.91. The van der Waals surface area contributed by atoms with Crippen LogP contribution in [-0.2, 0) is 13.7 Å². The van der Waals surface area contributed by atoms with Gasteiger partial charge in [0.2, 0.25) is 5.75 Å². The lowest BCUT2D eigenvalue weighted by atomic mass is 10.1. The minimum absolute atomic E-state index is 0.204. The second-order valence-electron chi connectivity index (χ2n) is 7.09. The maximum absolute atomic E-state index is 13.1. The Morgan fingerprint density at radius 1 is 0.931 bits per heavy atom. The SMILES string of the molecule is CCCCCCOc1c(OCc2ccccc2)c2ccc(OC)cc2n(C)c1=O. The van der Waals surface area contributed by atoms with E-state index in [1.54, 1.807) is 18.7 Å². The fourth-order valence-corrected chi connectivity index (χ4v) is 3.29. The number of aromatic nitrogens is 1. The molecule has 0 radical (unpaired) electrons. The largest absolute Gasteiger partial charge is 0.497 e. The van der Waals surface area contributed by atoms with Crippen LogP contribution in [0.15, 0.2) is 53.3 Å². The second kappa shape index (κ2) is 10.0. The molecule has 0 N–H and O–H groups in total. The van der Waals surface area contributed by atoms with E-state index in [9.17, 15) is 4.79 Å². The van der Waals surface area contributed by atoms with Gasteiger partial charge in [-0.2, -0.15) is 0 Å². The van der Waals surface area contributed by atoms with Gasteiger partial charge in [-0.05, 0) is 24.1 Å². The number of rotatable bonds is 10. The second-order valence-corrected chi connectivity index (χ2v) is 7.09. The van der Waals surface area contributed by atoms with Crippen molar-refractivity contribution < 1.29 is 14.2 Å². The lowest BCUT2D eigenvalue weighted by Gasteiger charge is -2.17. The minimum atomic E-state index is -0.204. The lowest BCUT2D eigenvalue weighted by Crippen LogP contribution is -2.21. The zero-order valence-electron chi connectivity index (χ0n) is 17.4. The minimum Gasteiger partial charge on any atom is -0.497 e. The number of nitrogens with zero attached hydrogens (tertiary/aromatic N) is 1. The van der Waals surface area contributed by atoms with Gasteiger partial charge >= 0.3 is 0 Å². The fourth-order valence-electron chi connectivity index (χ4n) is 3.29. The molecule has 0 fully saturated rings. The highest BCUT2D eigenvalue weighted by atomic mass is 16.5. The van der Waals surface area contributed by atoms with Crippen LogP contribution < -0.4 is 19.8 Å². The predicted molar refractivity (Wildman–Crippen MR) is 116 cm³/mol. The quantitative estimate of drug-likeness (QED) is 0.449. The molecule has 1 aromatic heterocycles. The van der Waals surface area contributed by atoms with Crippen LogP contribution in [0.1, 0.15) is 38.2 Å². The molecule has 154 valence electrons. The molecule has 0 bridgehead atoms. The Labute approximate surface area is 171 Å². The van der Waals surface area contributed by atoms with Gasteiger partial charge in [-0.1, -0.05) is 56.5 Å². The number of aryl methyl sites for hydroxylation is 1. The maximum Gasteiger partial charge on any atom is 0.297 e. The van der Waals surface area contributed by atoms with Crippen LogP contribution in [0.4, 0.5) is 0 Å². The van der Waals surface area contributed by atoms with E-state index in [-0.39, 0.29) is 11.3 Å². The summed E-state index contributed by atoms with van der Waals surface area (Å²) in [6, 6.07) is 15.5. The lowest BCUT2D eigenvalue weighted by molar-refractivity contribution is 0.256. The Balaban J connectivity index is 1.98. The molecule has 0 amide bonds. The van der Waals surface area contributed by atoms with Gasteiger partial charge in [0.05, 0.1) is 19.2 Å². The smallest absolute Gasteiger partial charge is 0.297 e. The predicted octanol–water partition coefficient (Wildman–Crippen LogP) is 5.09. The molecule has 1 heterocycles. The molecule has 0 aliphatic heterocycles. The summed E-state index contributed by atoms with van der Waals surface area (Å²) in [7, 11) is 3.36. The third-order valence-electron chi connectivity index (χ3n) is 4.99. The van der Waals surface area contributed by atoms with Crippen molar-refractivity contribution in [3.05, 3.63) is 64.4 Å². The summed E-state index contributed by atoms with van der Waals surface area (Å²) in [5.74, 6) is 1.46. The van der Waals surface area contributed by atoms with E-state index in [2.05, 4.69) is 6.92 Å². The number of benzene rings is 2. The number of ether oxygens (including phenoxy) is 3. The third-order valence-corrected chi connectivity index (χ3v) is 4.99. The highest BCUT2D eigenvalue weighted by molar-refractivity contribution is 5.89. The molecule has 3 rings (SSSR count). The fraction of sp³-hybridized carbons (Fsp3) is 0.375. The van der Waals surface area contributed by atoms with Crippen molar-refractivity contribution in [1.29, 1.82) is 0 Å². The number of methoxy groups -OCH3 is 1. The summed E-state index contributed by atoms with van der Waals surface area (Å²) in [6.07, 6.45) is 4.32. The normalized spacial score (nSPS) is 10.9. The Hall–Kier alpha value is -2.95. The molecule has 29 heavy (non-hydrogen) atoms. The van der Waals surface area contributed by atoms with Crippen LogP contribution in [0.25, 0.3) is 10.9 Å². The number of unbranched alkanes of at least 4 members (excludes halogenated alkanes) is 3. The zero-order chi connectivity index (χ0) is 20.6. The van der Waals surface area contributed by atoms with Crippen LogP contribution in [-0.4, -0.2) is 18.3 Å². The first kappa shape index (κ1) is 20.8. The summed E-state index contributed by atoms with van der Waals surface area (Å²) in [4.78, 5) is 13.1. The van der Waals surface area contributed by atoms with E-state index >= 15 is 0 Å². The van der Waals surface area contributed by atoms with E-state index in [1.807, 2.05) is 48.5 Å². The summed E-state index contributed by atoms with van der Waals surface area (Å²) in [6.45, 7) is 3.03. The van der Waals surface area contributed by atoms with Crippen LogP contribution in [0.3, 0.4) is 0 Å². The van der Waals surface area contributed by atoms with E-state index in [4.69, 9.17) is 14.2 Å². The maximum atomic E-state index is 13.1. The van der Waals surface area contributed by atoms with E-state index in [1.165, 1.54) is 0 Å². The van der Waals surface area contributed by atoms with Gasteiger partial charge in [0.15, 0.2) is 5.75 Å². The molecule has 0 saturated carbocycles. The van der Waals surface area contributed by atoms with Gasteiger partial charge in [0.1, 0.15) is 12.4 Å². The molecule has 5 heteroatoms. The summed E-state index contributed by atoms with van der Waals surface area (Å²) < 4.78 is 19.0. The Kier molecular flexibility index (Phi) is 7.17. The van der Waals surface area contributed by atoms with E-state index in [0.717, 1.165) is 42.1 Å². The van der Waals surface area contributed by atoms with Crippen molar-refractivity contribution >= 4 is 10.9 Å². The highest BCUT2D eigenvalue weighted by Gasteiger charge is 2.19. The van der Waals surface area contributed by atoms with E-state index in [0.29, 0.717) is 24.7 Å². The van der Waals surface area contributed by atoms with Crippen LogP contribution in [0.2, 0.25) is 0 Å².